The van der Waals surface area contributed by atoms with Gasteiger partial charge in [-0.25, -0.2) is 0 Å². The Bertz CT molecular complexity index is 217. The number of hydrogen-bond donors (Lipinski definition) is 2. The van der Waals surface area contributed by atoms with Gasteiger partial charge in [-0.05, 0) is 6.92 Å². The van der Waals surface area contributed by atoms with E-state index in [4.69, 9.17) is 14.9 Å². The lowest BCUT2D eigenvalue weighted by Crippen LogP contribution is -2.36. The second-order valence-electron chi connectivity index (χ2n) is 3.46. The lowest BCUT2D eigenvalue weighted by Gasteiger charge is -2.18. The Balaban J connectivity index is 3.68. The van der Waals surface area contributed by atoms with Crippen molar-refractivity contribution in [2.75, 3.05) is 46.2 Å². The smallest absolute Gasteiger partial charge is 0.317 e. The minimum atomic E-state index is -0.977. The van der Waals surface area contributed by atoms with Gasteiger partial charge in [0, 0.05) is 6.54 Å². The fraction of sp³-hybridized carbons (Fsp3) is 0.800. The molecule has 0 radical (unpaired) electrons. The van der Waals surface area contributed by atoms with E-state index in [0.717, 1.165) is 0 Å². The van der Waals surface area contributed by atoms with Gasteiger partial charge in [-0.2, -0.15) is 0 Å². The third kappa shape index (κ3) is 11.2. The van der Waals surface area contributed by atoms with Gasteiger partial charge >= 0.3 is 5.97 Å². The summed E-state index contributed by atoms with van der Waals surface area (Å²) in [6.45, 7) is 2.26. The summed E-state index contributed by atoms with van der Waals surface area (Å²) >= 11 is 0. The van der Waals surface area contributed by atoms with Gasteiger partial charge in [0.1, 0.15) is 12.6 Å². The van der Waals surface area contributed by atoms with Gasteiger partial charge in [-0.3, -0.25) is 14.5 Å². The Kier molecular flexibility index (Phi) is 9.55. The van der Waals surface area contributed by atoms with Gasteiger partial charge in [0.25, 0.3) is 0 Å². The molecule has 17 heavy (non-hydrogen) atoms. The fourth-order valence-electron chi connectivity index (χ4n) is 1.20. The lowest BCUT2D eigenvalue weighted by atomic mass is 10.3. The second kappa shape index (κ2) is 10.2. The summed E-state index contributed by atoms with van der Waals surface area (Å²) in [4.78, 5) is 22.9. The van der Waals surface area contributed by atoms with Crippen molar-refractivity contribution in [2.45, 2.75) is 6.92 Å². The van der Waals surface area contributed by atoms with E-state index in [1.54, 1.807) is 0 Å². The summed E-state index contributed by atoms with van der Waals surface area (Å²) in [6, 6.07) is 0. The molecule has 0 aromatic rings. The Morgan fingerprint density at radius 2 is 1.76 bits per heavy atom. The molecular weight excluding hydrogens is 230 g/mol. The minimum Gasteiger partial charge on any atom is -0.480 e. The Hall–Kier alpha value is -1.02. The van der Waals surface area contributed by atoms with Crippen LogP contribution in [0.4, 0.5) is 0 Å². The number of aliphatic hydroxyl groups is 1. The molecule has 0 fully saturated rings. The number of Topliss-reactive ketones (excluding diaryl/α,β-unsaturated/α-hetero) is 1. The first-order valence-electron chi connectivity index (χ1n) is 5.26. The molecular formula is C10H19NO6. The van der Waals surface area contributed by atoms with Crippen LogP contribution in [0.3, 0.4) is 0 Å². The maximum atomic E-state index is 10.9. The molecule has 0 aromatic carbocycles. The van der Waals surface area contributed by atoms with E-state index >= 15 is 0 Å². The second-order valence-corrected chi connectivity index (χ2v) is 3.46. The Morgan fingerprint density at radius 3 is 2.29 bits per heavy atom. The highest BCUT2D eigenvalue weighted by atomic mass is 16.6. The van der Waals surface area contributed by atoms with Crippen molar-refractivity contribution in [3.05, 3.63) is 0 Å². The molecule has 0 aromatic heterocycles. The average Bonchev–Trinajstić information content (AvgIpc) is 2.21. The molecule has 0 spiro atoms. The lowest BCUT2D eigenvalue weighted by molar-refractivity contribution is -0.138. The highest BCUT2D eigenvalue weighted by Gasteiger charge is 2.11. The first-order valence-corrected chi connectivity index (χ1v) is 5.26. The number of nitrogens with zero attached hydrogens (tertiary/aromatic N) is 1. The molecule has 2 N–H and O–H groups in total. The van der Waals surface area contributed by atoms with Gasteiger partial charge in [0.15, 0.2) is 0 Å². The van der Waals surface area contributed by atoms with Gasteiger partial charge < -0.3 is 19.7 Å². The van der Waals surface area contributed by atoms with Crippen LogP contribution in [-0.4, -0.2) is 73.1 Å². The zero-order valence-corrected chi connectivity index (χ0v) is 9.92. The SMILES string of the molecule is CC(=O)CN(CCOCCOCO)CC(=O)O. The topological polar surface area (TPSA) is 96.3 Å². The first kappa shape index (κ1) is 16.0. The number of carbonyl (C=O) groups excluding carboxylic acids is 1. The molecule has 7 heteroatoms. The Morgan fingerprint density at radius 1 is 1.12 bits per heavy atom. The normalized spacial score (nSPS) is 10.8. The van der Waals surface area contributed by atoms with Crippen LogP contribution in [0.25, 0.3) is 0 Å². The molecule has 0 bridgehead atoms. The van der Waals surface area contributed by atoms with Crippen LogP contribution in [0.5, 0.6) is 0 Å². The van der Waals surface area contributed by atoms with E-state index in [9.17, 15) is 9.59 Å². The van der Waals surface area contributed by atoms with Crippen molar-refractivity contribution in [1.29, 1.82) is 0 Å². The zero-order chi connectivity index (χ0) is 13.1. The summed E-state index contributed by atoms with van der Waals surface area (Å²) in [5.74, 6) is -1.07. The number of ether oxygens (including phenoxy) is 2. The molecule has 0 amide bonds. The summed E-state index contributed by atoms with van der Waals surface area (Å²) in [5.41, 5.74) is 0. The molecule has 7 nitrogen and oxygen atoms in total. The fourth-order valence-corrected chi connectivity index (χ4v) is 1.20. The van der Waals surface area contributed by atoms with E-state index in [1.807, 2.05) is 0 Å². The number of aliphatic hydroxyl groups excluding tert-OH is 1. The van der Waals surface area contributed by atoms with E-state index in [-0.39, 0.29) is 32.3 Å². The van der Waals surface area contributed by atoms with Crippen LogP contribution in [0.15, 0.2) is 0 Å². The third-order valence-electron chi connectivity index (χ3n) is 1.82. The third-order valence-corrected chi connectivity index (χ3v) is 1.82. The monoisotopic (exact) mass is 249 g/mol. The van der Waals surface area contributed by atoms with Crippen molar-refractivity contribution in [1.82, 2.24) is 4.90 Å². The molecule has 0 aliphatic rings. The Labute approximate surface area is 99.9 Å². The molecule has 0 saturated carbocycles. The number of ketones is 1. The summed E-state index contributed by atoms with van der Waals surface area (Å²) in [5, 5.41) is 16.9. The van der Waals surface area contributed by atoms with E-state index in [0.29, 0.717) is 19.8 Å². The largest absolute Gasteiger partial charge is 0.480 e. The van der Waals surface area contributed by atoms with Crippen LogP contribution < -0.4 is 0 Å². The van der Waals surface area contributed by atoms with Crippen LogP contribution >= 0.6 is 0 Å². The highest BCUT2D eigenvalue weighted by molar-refractivity contribution is 5.78. The molecule has 0 heterocycles. The number of carboxylic acids is 1. The van der Waals surface area contributed by atoms with Crippen LogP contribution in [-0.2, 0) is 19.1 Å². The summed E-state index contributed by atoms with van der Waals surface area (Å²) < 4.78 is 9.79. The zero-order valence-electron chi connectivity index (χ0n) is 9.92. The minimum absolute atomic E-state index is 0.0881. The number of carbonyl (C=O) groups is 2. The average molecular weight is 249 g/mol. The van der Waals surface area contributed by atoms with Crippen LogP contribution in [0.2, 0.25) is 0 Å². The van der Waals surface area contributed by atoms with Crippen molar-refractivity contribution < 1.29 is 29.3 Å². The van der Waals surface area contributed by atoms with Gasteiger partial charge in [-0.15, -0.1) is 0 Å². The quantitative estimate of drug-likeness (QED) is 0.356. The maximum Gasteiger partial charge on any atom is 0.317 e. The summed E-state index contributed by atoms with van der Waals surface area (Å²) in [6.07, 6.45) is 0. The predicted molar refractivity (Wildman–Crippen MR) is 58.6 cm³/mol. The molecule has 0 saturated heterocycles. The predicted octanol–water partition coefficient (Wildman–Crippen LogP) is -1.05. The van der Waals surface area contributed by atoms with E-state index in [2.05, 4.69) is 4.74 Å². The van der Waals surface area contributed by atoms with Crippen molar-refractivity contribution in [3.8, 4) is 0 Å². The molecule has 0 aliphatic heterocycles. The van der Waals surface area contributed by atoms with Gasteiger partial charge in [-0.1, -0.05) is 0 Å². The van der Waals surface area contributed by atoms with E-state index in [1.165, 1.54) is 11.8 Å². The molecule has 0 aliphatic carbocycles. The number of rotatable bonds is 11. The van der Waals surface area contributed by atoms with Crippen molar-refractivity contribution in [3.63, 3.8) is 0 Å². The summed E-state index contributed by atoms with van der Waals surface area (Å²) in [7, 11) is 0. The molecule has 0 rings (SSSR count). The van der Waals surface area contributed by atoms with Gasteiger partial charge in [0.05, 0.1) is 32.9 Å². The highest BCUT2D eigenvalue weighted by Crippen LogP contribution is 1.90. The molecule has 0 unspecified atom stereocenters. The number of hydrogen-bond acceptors (Lipinski definition) is 6. The van der Waals surface area contributed by atoms with Crippen molar-refractivity contribution in [2.24, 2.45) is 0 Å². The number of aliphatic carboxylic acids is 1. The molecule has 0 atom stereocenters. The van der Waals surface area contributed by atoms with Crippen LogP contribution in [0.1, 0.15) is 6.92 Å². The first-order chi connectivity index (χ1) is 8.06. The standard InChI is InChI=1S/C10H19NO6/c1-9(13)6-11(7-10(14)15)2-3-16-4-5-17-8-12/h12H,2-8H2,1H3,(H,14,15). The molecule has 100 valence electrons. The van der Waals surface area contributed by atoms with E-state index < -0.39 is 5.97 Å². The van der Waals surface area contributed by atoms with Gasteiger partial charge in [0.2, 0.25) is 0 Å². The van der Waals surface area contributed by atoms with Crippen molar-refractivity contribution >= 4 is 11.8 Å². The maximum absolute atomic E-state index is 10.9. The number of carboxylic acid groups (broad SMARTS) is 1. The van der Waals surface area contributed by atoms with Crippen LogP contribution in [0, 0.1) is 0 Å².